The van der Waals surface area contributed by atoms with Gasteiger partial charge in [-0.3, -0.25) is 19.7 Å². The SMILES string of the molecule is CCOc1cc(/C=C2\C(=O)NC(=O)N(c3ccc(F)cc3)C2=O)cc(Br)c1OCC(=O)Nc1ccc(Cl)c(Cl)c1. The van der Waals surface area contributed by atoms with Crippen LogP contribution in [0.15, 0.2) is 64.6 Å². The first kappa shape index (κ1) is 29.1. The molecule has 0 aromatic heterocycles. The number of nitrogens with zero attached hydrogens (tertiary/aromatic N) is 1. The first-order valence-corrected chi connectivity index (χ1v) is 13.1. The number of carbonyl (C=O) groups excluding carboxylic acids is 4. The average molecular weight is 651 g/mol. The van der Waals surface area contributed by atoms with Gasteiger partial charge in [-0.25, -0.2) is 14.1 Å². The molecule has 0 saturated carbocycles. The molecule has 5 amide bonds. The van der Waals surface area contributed by atoms with Gasteiger partial charge in [0.1, 0.15) is 11.4 Å². The van der Waals surface area contributed by atoms with E-state index in [9.17, 15) is 23.6 Å². The number of benzene rings is 3. The first-order valence-electron chi connectivity index (χ1n) is 11.6. The van der Waals surface area contributed by atoms with Gasteiger partial charge in [-0.05, 0) is 89.1 Å². The molecular weight excluding hydrogens is 632 g/mol. The summed E-state index contributed by atoms with van der Waals surface area (Å²) in [5.41, 5.74) is 0.529. The molecular formula is C27H19BrCl2FN3O6. The lowest BCUT2D eigenvalue weighted by atomic mass is 10.1. The molecule has 1 heterocycles. The van der Waals surface area contributed by atoms with Crippen LogP contribution in [-0.2, 0) is 14.4 Å². The number of carbonyl (C=O) groups is 4. The minimum atomic E-state index is -0.960. The molecule has 3 aromatic rings. The number of hydrogen-bond donors (Lipinski definition) is 2. The highest BCUT2D eigenvalue weighted by Gasteiger charge is 2.37. The number of urea groups is 1. The summed E-state index contributed by atoms with van der Waals surface area (Å²) in [6.07, 6.45) is 1.27. The molecule has 0 unspecified atom stereocenters. The lowest BCUT2D eigenvalue weighted by molar-refractivity contribution is -0.122. The number of rotatable bonds is 8. The average Bonchev–Trinajstić information content (AvgIpc) is 2.89. The maximum atomic E-state index is 13.3. The lowest BCUT2D eigenvalue weighted by Crippen LogP contribution is -2.54. The molecule has 13 heteroatoms. The summed E-state index contributed by atoms with van der Waals surface area (Å²) in [5, 5.41) is 5.37. The van der Waals surface area contributed by atoms with E-state index in [-0.39, 0.29) is 41.0 Å². The number of halogens is 4. The third-order valence-electron chi connectivity index (χ3n) is 5.38. The third kappa shape index (κ3) is 6.61. The van der Waals surface area contributed by atoms with E-state index in [1.165, 1.54) is 30.3 Å². The summed E-state index contributed by atoms with van der Waals surface area (Å²) >= 11 is 15.3. The lowest BCUT2D eigenvalue weighted by Gasteiger charge is -2.26. The molecule has 3 aromatic carbocycles. The van der Waals surface area contributed by atoms with Gasteiger partial charge in [-0.2, -0.15) is 0 Å². The molecule has 0 atom stereocenters. The molecule has 0 aliphatic carbocycles. The zero-order chi connectivity index (χ0) is 29.0. The van der Waals surface area contributed by atoms with Crippen LogP contribution >= 0.6 is 39.1 Å². The summed E-state index contributed by atoms with van der Waals surface area (Å²) < 4.78 is 25.1. The van der Waals surface area contributed by atoms with Crippen molar-refractivity contribution >= 4 is 80.3 Å². The van der Waals surface area contributed by atoms with Crippen molar-refractivity contribution in [3.8, 4) is 11.5 Å². The summed E-state index contributed by atoms with van der Waals surface area (Å²) in [7, 11) is 0. The van der Waals surface area contributed by atoms with Gasteiger partial charge < -0.3 is 14.8 Å². The van der Waals surface area contributed by atoms with Gasteiger partial charge in [0.2, 0.25) is 0 Å². The molecule has 0 bridgehead atoms. The van der Waals surface area contributed by atoms with Crippen molar-refractivity contribution in [1.29, 1.82) is 0 Å². The van der Waals surface area contributed by atoms with Crippen molar-refractivity contribution in [3.05, 3.63) is 86.1 Å². The predicted molar refractivity (Wildman–Crippen MR) is 151 cm³/mol. The van der Waals surface area contributed by atoms with Gasteiger partial charge in [-0.15, -0.1) is 0 Å². The van der Waals surface area contributed by atoms with Crippen LogP contribution in [-0.4, -0.2) is 37.0 Å². The second-order valence-corrected chi connectivity index (χ2v) is 9.83. The fraction of sp³-hybridized carbons (Fsp3) is 0.111. The largest absolute Gasteiger partial charge is 0.490 e. The Labute approximate surface area is 246 Å². The van der Waals surface area contributed by atoms with E-state index >= 15 is 0 Å². The van der Waals surface area contributed by atoms with Gasteiger partial charge in [0.25, 0.3) is 17.7 Å². The molecule has 0 spiro atoms. The first-order chi connectivity index (χ1) is 19.1. The second-order valence-electron chi connectivity index (χ2n) is 8.16. The topological polar surface area (TPSA) is 114 Å². The summed E-state index contributed by atoms with van der Waals surface area (Å²) in [5.74, 6) is -2.40. The van der Waals surface area contributed by atoms with Crippen molar-refractivity contribution in [1.82, 2.24) is 5.32 Å². The van der Waals surface area contributed by atoms with Crippen LogP contribution in [0.4, 0.5) is 20.6 Å². The fourth-order valence-corrected chi connectivity index (χ4v) is 4.50. The summed E-state index contributed by atoms with van der Waals surface area (Å²) in [6, 6.07) is 11.4. The van der Waals surface area contributed by atoms with E-state index < -0.39 is 29.6 Å². The van der Waals surface area contributed by atoms with Crippen molar-refractivity contribution in [2.45, 2.75) is 6.92 Å². The predicted octanol–water partition coefficient (Wildman–Crippen LogP) is 5.98. The van der Waals surface area contributed by atoms with Crippen LogP contribution in [0.25, 0.3) is 6.08 Å². The Morgan fingerprint density at radius 3 is 2.45 bits per heavy atom. The number of barbiturate groups is 1. The normalized spacial score (nSPS) is 14.3. The Kier molecular flexibility index (Phi) is 9.08. The van der Waals surface area contributed by atoms with Gasteiger partial charge in [0.05, 0.1) is 26.8 Å². The van der Waals surface area contributed by atoms with Crippen molar-refractivity contribution in [3.63, 3.8) is 0 Å². The van der Waals surface area contributed by atoms with Gasteiger partial charge in [0.15, 0.2) is 18.1 Å². The molecule has 40 heavy (non-hydrogen) atoms. The monoisotopic (exact) mass is 649 g/mol. The van der Waals surface area contributed by atoms with Gasteiger partial charge in [0, 0.05) is 5.69 Å². The number of anilines is 2. The maximum absolute atomic E-state index is 13.3. The molecule has 1 saturated heterocycles. The Morgan fingerprint density at radius 2 is 1.77 bits per heavy atom. The molecule has 1 aliphatic heterocycles. The van der Waals surface area contributed by atoms with E-state index in [1.807, 2.05) is 0 Å². The minimum Gasteiger partial charge on any atom is -0.490 e. The van der Waals surface area contributed by atoms with Crippen molar-refractivity contribution in [2.75, 3.05) is 23.4 Å². The zero-order valence-corrected chi connectivity index (χ0v) is 23.7. The molecule has 0 radical (unpaired) electrons. The minimum absolute atomic E-state index is 0.0846. The van der Waals surface area contributed by atoms with Crippen LogP contribution in [0.2, 0.25) is 10.0 Å². The van der Waals surface area contributed by atoms with E-state index in [4.69, 9.17) is 32.7 Å². The Hall–Kier alpha value is -3.93. The van der Waals surface area contributed by atoms with Gasteiger partial charge in [-0.1, -0.05) is 23.2 Å². The number of hydrogen-bond acceptors (Lipinski definition) is 6. The number of imide groups is 2. The van der Waals surface area contributed by atoms with Crippen molar-refractivity contribution < 1.29 is 33.0 Å². The fourth-order valence-electron chi connectivity index (χ4n) is 3.63. The summed E-state index contributed by atoms with van der Waals surface area (Å²) in [6.45, 7) is 1.60. The molecule has 2 N–H and O–H groups in total. The second kappa shape index (κ2) is 12.5. The van der Waals surface area contributed by atoms with E-state index in [2.05, 4.69) is 26.6 Å². The number of ether oxygens (including phenoxy) is 2. The van der Waals surface area contributed by atoms with E-state index in [0.29, 0.717) is 20.7 Å². The standard InChI is InChI=1S/C27H19BrCl2FN3O6/c1-2-39-22-11-14(9-18-25(36)33-27(38)34(26(18)37)17-6-3-15(31)4-7-17)10-19(28)24(22)40-13-23(35)32-16-5-8-20(29)21(30)12-16/h3-12H,2,13H2,1H3,(H,32,35)(H,33,36,38)/b18-9+. The molecule has 4 rings (SSSR count). The van der Waals surface area contributed by atoms with Crippen LogP contribution in [0.1, 0.15) is 12.5 Å². The van der Waals surface area contributed by atoms with Gasteiger partial charge >= 0.3 is 6.03 Å². The smallest absolute Gasteiger partial charge is 0.335 e. The van der Waals surface area contributed by atoms with Crippen LogP contribution in [0.5, 0.6) is 11.5 Å². The highest BCUT2D eigenvalue weighted by molar-refractivity contribution is 9.10. The van der Waals surface area contributed by atoms with Crippen LogP contribution in [0.3, 0.4) is 0 Å². The molecule has 9 nitrogen and oxygen atoms in total. The molecule has 206 valence electrons. The molecule has 1 fully saturated rings. The zero-order valence-electron chi connectivity index (χ0n) is 20.6. The quantitative estimate of drug-likeness (QED) is 0.229. The molecule has 1 aliphatic rings. The van der Waals surface area contributed by atoms with E-state index in [0.717, 1.165) is 17.0 Å². The Morgan fingerprint density at radius 1 is 1.05 bits per heavy atom. The van der Waals surface area contributed by atoms with Crippen LogP contribution in [0, 0.1) is 5.82 Å². The summed E-state index contributed by atoms with van der Waals surface area (Å²) in [4.78, 5) is 51.2. The maximum Gasteiger partial charge on any atom is 0.335 e. The van der Waals surface area contributed by atoms with E-state index in [1.54, 1.807) is 25.1 Å². The Balaban J connectivity index is 1.57. The highest BCUT2D eigenvalue weighted by Crippen LogP contribution is 2.38. The third-order valence-corrected chi connectivity index (χ3v) is 6.71. The van der Waals surface area contributed by atoms with Crippen LogP contribution < -0.4 is 25.0 Å². The number of amides is 5. The number of nitrogens with one attached hydrogen (secondary N) is 2. The van der Waals surface area contributed by atoms with Crippen molar-refractivity contribution in [2.24, 2.45) is 0 Å². The Bertz CT molecular complexity index is 1550. The highest BCUT2D eigenvalue weighted by atomic mass is 79.9.